The highest BCUT2D eigenvalue weighted by atomic mass is 19.2. The molecule has 11 heavy (non-hydrogen) atoms. The summed E-state index contributed by atoms with van der Waals surface area (Å²) in [6, 6.07) is 0. The van der Waals surface area contributed by atoms with Crippen molar-refractivity contribution < 1.29 is 17.9 Å². The summed E-state index contributed by atoms with van der Waals surface area (Å²) in [5, 5.41) is 0. The van der Waals surface area contributed by atoms with Crippen molar-refractivity contribution in [2.24, 2.45) is 0 Å². The molecule has 0 heterocycles. The van der Waals surface area contributed by atoms with Gasteiger partial charge >= 0.3 is 0 Å². The normalized spacial score (nSPS) is 12.0. The van der Waals surface area contributed by atoms with Crippen LogP contribution < -0.4 is 0 Å². The first-order chi connectivity index (χ1) is 5.00. The van der Waals surface area contributed by atoms with Gasteiger partial charge in [0.1, 0.15) is 0 Å². The van der Waals surface area contributed by atoms with Gasteiger partial charge in [-0.15, -0.1) is 0 Å². The number of rotatable bonds is 3. The van der Waals surface area contributed by atoms with E-state index in [0.717, 1.165) is 7.11 Å². The fraction of sp³-hybridized carbons (Fsp3) is 0.143. The Morgan fingerprint density at radius 1 is 1.09 bits per heavy atom. The largest absolute Gasteiger partial charge is 0.491 e. The van der Waals surface area contributed by atoms with Crippen LogP contribution in [0.15, 0.2) is 36.4 Å². The minimum atomic E-state index is -1.47. The molecule has 0 aromatic rings. The Kier molecular flexibility index (Phi) is 3.44. The molecule has 0 unspecified atom stereocenters. The molecule has 0 saturated heterocycles. The molecule has 62 valence electrons. The third kappa shape index (κ3) is 2.49. The van der Waals surface area contributed by atoms with E-state index in [9.17, 15) is 13.2 Å². The molecular weight excluding hydrogens is 157 g/mol. The molecule has 0 aliphatic carbocycles. The average Bonchev–Trinajstić information content (AvgIpc) is 1.88. The SMILES string of the molecule is C=C(F)/C(F)=C(/OC)C(=C)F. The van der Waals surface area contributed by atoms with Crippen molar-refractivity contribution in [2.45, 2.75) is 0 Å². The van der Waals surface area contributed by atoms with Crippen LogP contribution in [0.25, 0.3) is 0 Å². The third-order valence-electron chi connectivity index (χ3n) is 0.888. The summed E-state index contributed by atoms with van der Waals surface area (Å²) in [5.74, 6) is -4.90. The maximum atomic E-state index is 12.4. The van der Waals surface area contributed by atoms with Gasteiger partial charge in [-0.1, -0.05) is 13.2 Å². The smallest absolute Gasteiger partial charge is 0.203 e. The Morgan fingerprint density at radius 3 is 1.64 bits per heavy atom. The number of allylic oxidation sites excluding steroid dienone is 3. The van der Waals surface area contributed by atoms with Crippen molar-refractivity contribution in [3.8, 4) is 0 Å². The maximum absolute atomic E-state index is 12.4. The second-order valence-electron chi connectivity index (χ2n) is 1.66. The van der Waals surface area contributed by atoms with Crippen LogP contribution in [0.4, 0.5) is 13.2 Å². The Hall–Kier alpha value is -1.19. The van der Waals surface area contributed by atoms with Gasteiger partial charge < -0.3 is 4.74 Å². The quantitative estimate of drug-likeness (QED) is 0.460. The molecule has 0 saturated carbocycles. The Bertz CT molecular complexity index is 218. The summed E-state index contributed by atoms with van der Waals surface area (Å²) >= 11 is 0. The fourth-order valence-electron chi connectivity index (χ4n) is 0.443. The van der Waals surface area contributed by atoms with E-state index in [0.29, 0.717) is 0 Å². The lowest BCUT2D eigenvalue weighted by atomic mass is 10.3. The first-order valence-electron chi connectivity index (χ1n) is 2.64. The molecule has 0 bridgehead atoms. The van der Waals surface area contributed by atoms with Crippen LogP contribution in [0.2, 0.25) is 0 Å². The first-order valence-corrected chi connectivity index (χ1v) is 2.64. The van der Waals surface area contributed by atoms with Crippen molar-refractivity contribution in [1.82, 2.24) is 0 Å². The van der Waals surface area contributed by atoms with E-state index in [-0.39, 0.29) is 0 Å². The van der Waals surface area contributed by atoms with Crippen LogP contribution in [-0.2, 0) is 4.74 Å². The standard InChI is InChI=1S/C7H7F3O/c1-4(8)6(10)7(11-3)5(2)9/h1-2H2,3H3/b7-6-. The van der Waals surface area contributed by atoms with E-state index in [1.807, 2.05) is 0 Å². The minimum Gasteiger partial charge on any atom is -0.491 e. The van der Waals surface area contributed by atoms with Gasteiger partial charge in [0.05, 0.1) is 7.11 Å². The zero-order valence-corrected chi connectivity index (χ0v) is 5.96. The molecule has 0 N–H and O–H groups in total. The van der Waals surface area contributed by atoms with Crippen LogP contribution in [0, 0.1) is 0 Å². The van der Waals surface area contributed by atoms with Crippen molar-refractivity contribution >= 4 is 0 Å². The third-order valence-corrected chi connectivity index (χ3v) is 0.888. The Balaban J connectivity index is 4.83. The predicted molar refractivity (Wildman–Crippen MR) is 35.6 cm³/mol. The van der Waals surface area contributed by atoms with E-state index in [1.54, 1.807) is 0 Å². The van der Waals surface area contributed by atoms with Crippen molar-refractivity contribution in [3.63, 3.8) is 0 Å². The molecule has 0 aliphatic rings. The van der Waals surface area contributed by atoms with Crippen LogP contribution in [0.1, 0.15) is 0 Å². The summed E-state index contributed by atoms with van der Waals surface area (Å²) in [6.07, 6.45) is 0. The van der Waals surface area contributed by atoms with E-state index in [4.69, 9.17) is 0 Å². The highest BCUT2D eigenvalue weighted by Gasteiger charge is 2.13. The molecule has 0 radical (unpaired) electrons. The van der Waals surface area contributed by atoms with Crippen LogP contribution >= 0.6 is 0 Å². The average molecular weight is 164 g/mol. The van der Waals surface area contributed by atoms with Gasteiger partial charge in [0.15, 0.2) is 17.4 Å². The van der Waals surface area contributed by atoms with Crippen molar-refractivity contribution in [3.05, 3.63) is 36.4 Å². The molecule has 4 heteroatoms. The highest BCUT2D eigenvalue weighted by molar-refractivity contribution is 5.28. The number of hydrogen-bond donors (Lipinski definition) is 0. The van der Waals surface area contributed by atoms with E-state index >= 15 is 0 Å². The molecule has 1 nitrogen and oxygen atoms in total. The summed E-state index contributed by atoms with van der Waals surface area (Å²) in [5.41, 5.74) is 0. The summed E-state index contributed by atoms with van der Waals surface area (Å²) in [6.45, 7) is 5.35. The lowest BCUT2D eigenvalue weighted by Crippen LogP contribution is -1.91. The topological polar surface area (TPSA) is 9.23 Å². The van der Waals surface area contributed by atoms with Gasteiger partial charge in [0.2, 0.25) is 5.83 Å². The van der Waals surface area contributed by atoms with Gasteiger partial charge in [-0.25, -0.2) is 8.78 Å². The molecule has 0 fully saturated rings. The van der Waals surface area contributed by atoms with Gasteiger partial charge in [-0.05, 0) is 0 Å². The summed E-state index contributed by atoms with van der Waals surface area (Å²) < 4.78 is 40.7. The molecule has 0 atom stereocenters. The van der Waals surface area contributed by atoms with E-state index < -0.39 is 23.2 Å². The van der Waals surface area contributed by atoms with Gasteiger partial charge in [-0.3, -0.25) is 0 Å². The zero-order valence-electron chi connectivity index (χ0n) is 5.96. The summed E-state index contributed by atoms with van der Waals surface area (Å²) in [7, 11) is 1.00. The van der Waals surface area contributed by atoms with E-state index in [1.165, 1.54) is 0 Å². The molecule has 0 amide bonds. The predicted octanol–water partition coefficient (Wildman–Crippen LogP) is 2.78. The summed E-state index contributed by atoms with van der Waals surface area (Å²) in [4.78, 5) is 0. The second-order valence-corrected chi connectivity index (χ2v) is 1.66. The molecule has 0 aromatic heterocycles. The molecule has 0 rings (SSSR count). The van der Waals surface area contributed by atoms with Gasteiger partial charge in [-0.2, -0.15) is 4.39 Å². The first kappa shape index (κ1) is 9.81. The van der Waals surface area contributed by atoms with Crippen LogP contribution in [0.3, 0.4) is 0 Å². The molecule has 0 aliphatic heterocycles. The fourth-order valence-corrected chi connectivity index (χ4v) is 0.443. The number of methoxy groups -OCH3 is 1. The highest BCUT2D eigenvalue weighted by Crippen LogP contribution is 2.21. The zero-order chi connectivity index (χ0) is 9.02. The number of halogens is 3. The van der Waals surface area contributed by atoms with Crippen molar-refractivity contribution in [1.29, 1.82) is 0 Å². The number of ether oxygens (including phenoxy) is 1. The van der Waals surface area contributed by atoms with Gasteiger partial charge in [0.25, 0.3) is 0 Å². The van der Waals surface area contributed by atoms with Crippen LogP contribution in [0.5, 0.6) is 0 Å². The number of hydrogen-bond acceptors (Lipinski definition) is 1. The lowest BCUT2D eigenvalue weighted by molar-refractivity contribution is 0.266. The monoisotopic (exact) mass is 164 g/mol. The Labute approximate surface area is 62.5 Å². The van der Waals surface area contributed by atoms with Crippen molar-refractivity contribution in [2.75, 3.05) is 7.11 Å². The van der Waals surface area contributed by atoms with Crippen LogP contribution in [-0.4, -0.2) is 7.11 Å². The lowest BCUT2D eigenvalue weighted by Gasteiger charge is -2.02. The van der Waals surface area contributed by atoms with E-state index in [2.05, 4.69) is 17.9 Å². The van der Waals surface area contributed by atoms with Gasteiger partial charge in [0, 0.05) is 0 Å². The molecular formula is C7H7F3O. The maximum Gasteiger partial charge on any atom is 0.203 e. The Morgan fingerprint density at radius 2 is 1.55 bits per heavy atom. The molecule has 0 spiro atoms. The molecule has 0 aromatic carbocycles. The minimum absolute atomic E-state index is 0.863. The second kappa shape index (κ2) is 3.85.